The highest BCUT2D eigenvalue weighted by Crippen LogP contribution is 2.22. The topological polar surface area (TPSA) is 24.9 Å². The van der Waals surface area contributed by atoms with Gasteiger partial charge >= 0.3 is 0 Å². The SMILES string of the molecule is CC(Nc1ncc(Cl)cc1F)c1cccc(F)c1. The van der Waals surface area contributed by atoms with E-state index in [1.807, 2.05) is 0 Å². The second-order valence-corrected chi connectivity index (χ2v) is 4.34. The van der Waals surface area contributed by atoms with E-state index in [1.54, 1.807) is 19.1 Å². The van der Waals surface area contributed by atoms with Crippen molar-refractivity contribution < 1.29 is 8.78 Å². The van der Waals surface area contributed by atoms with Gasteiger partial charge in [0.25, 0.3) is 0 Å². The molecule has 18 heavy (non-hydrogen) atoms. The third kappa shape index (κ3) is 2.96. The van der Waals surface area contributed by atoms with E-state index < -0.39 is 5.82 Å². The average Bonchev–Trinajstić information content (AvgIpc) is 2.32. The number of nitrogens with zero attached hydrogens (tertiary/aromatic N) is 1. The van der Waals surface area contributed by atoms with Gasteiger partial charge in [0.2, 0.25) is 0 Å². The Morgan fingerprint density at radius 2 is 2.06 bits per heavy atom. The number of benzene rings is 1. The molecule has 0 amide bonds. The fourth-order valence-electron chi connectivity index (χ4n) is 1.59. The summed E-state index contributed by atoms with van der Waals surface area (Å²) in [5.41, 5.74) is 0.714. The zero-order valence-electron chi connectivity index (χ0n) is 9.62. The molecule has 1 unspecified atom stereocenters. The van der Waals surface area contributed by atoms with Crippen LogP contribution in [0.25, 0.3) is 0 Å². The Labute approximate surface area is 109 Å². The predicted octanol–water partition coefficient (Wildman–Crippen LogP) is 4.19. The van der Waals surface area contributed by atoms with Gasteiger partial charge in [0, 0.05) is 6.20 Å². The molecule has 94 valence electrons. The van der Waals surface area contributed by atoms with E-state index >= 15 is 0 Å². The van der Waals surface area contributed by atoms with Gasteiger partial charge < -0.3 is 5.32 Å². The monoisotopic (exact) mass is 268 g/mol. The third-order valence-corrected chi connectivity index (χ3v) is 2.72. The molecule has 1 aromatic carbocycles. The van der Waals surface area contributed by atoms with Crippen molar-refractivity contribution in [1.82, 2.24) is 4.98 Å². The van der Waals surface area contributed by atoms with Gasteiger partial charge in [-0.05, 0) is 30.7 Å². The normalized spacial score (nSPS) is 12.2. The van der Waals surface area contributed by atoms with E-state index in [1.165, 1.54) is 24.4 Å². The summed E-state index contributed by atoms with van der Waals surface area (Å²) in [5.74, 6) is -0.771. The first-order valence-corrected chi connectivity index (χ1v) is 5.77. The van der Waals surface area contributed by atoms with Gasteiger partial charge in [-0.3, -0.25) is 0 Å². The first kappa shape index (κ1) is 12.8. The van der Waals surface area contributed by atoms with Crippen molar-refractivity contribution in [3.05, 3.63) is 58.7 Å². The third-order valence-electron chi connectivity index (χ3n) is 2.51. The number of hydrogen-bond acceptors (Lipinski definition) is 2. The highest BCUT2D eigenvalue weighted by Gasteiger charge is 2.10. The molecular formula is C13H11ClF2N2. The van der Waals surface area contributed by atoms with Crippen LogP contribution in [-0.4, -0.2) is 4.98 Å². The summed E-state index contributed by atoms with van der Waals surface area (Å²) in [6.45, 7) is 1.80. The Kier molecular flexibility index (Phi) is 3.77. The van der Waals surface area contributed by atoms with Crippen LogP contribution in [0, 0.1) is 11.6 Å². The summed E-state index contributed by atoms with van der Waals surface area (Å²) in [5, 5.41) is 3.10. The standard InChI is InChI=1S/C13H11ClF2N2/c1-8(9-3-2-4-11(15)5-9)18-13-12(16)6-10(14)7-17-13/h2-8H,1H3,(H,17,18). The molecule has 0 saturated carbocycles. The lowest BCUT2D eigenvalue weighted by atomic mass is 10.1. The average molecular weight is 269 g/mol. The Morgan fingerprint density at radius 3 is 2.72 bits per heavy atom. The summed E-state index contributed by atoms with van der Waals surface area (Å²) in [6, 6.07) is 7.03. The minimum absolute atomic E-state index is 0.0937. The summed E-state index contributed by atoms with van der Waals surface area (Å²) in [6.07, 6.45) is 1.35. The highest BCUT2D eigenvalue weighted by atomic mass is 35.5. The van der Waals surface area contributed by atoms with Crippen LogP contribution in [0.15, 0.2) is 36.5 Å². The molecule has 1 aromatic heterocycles. The van der Waals surface area contributed by atoms with E-state index in [0.717, 1.165) is 0 Å². The van der Waals surface area contributed by atoms with E-state index in [-0.39, 0.29) is 22.7 Å². The molecule has 0 saturated heterocycles. The summed E-state index contributed by atoms with van der Waals surface area (Å²) in [4.78, 5) is 3.85. The summed E-state index contributed by atoms with van der Waals surface area (Å²) in [7, 11) is 0. The van der Waals surface area contributed by atoms with Crippen LogP contribution in [0.2, 0.25) is 5.02 Å². The van der Waals surface area contributed by atoms with E-state index in [4.69, 9.17) is 11.6 Å². The van der Waals surface area contributed by atoms with Crippen LogP contribution >= 0.6 is 11.6 Å². The van der Waals surface area contributed by atoms with Crippen LogP contribution in [0.3, 0.4) is 0 Å². The first-order valence-electron chi connectivity index (χ1n) is 5.39. The number of nitrogens with one attached hydrogen (secondary N) is 1. The molecule has 0 aliphatic heterocycles. The molecule has 2 rings (SSSR count). The molecule has 0 spiro atoms. The van der Waals surface area contributed by atoms with Crippen LogP contribution < -0.4 is 5.32 Å². The lowest BCUT2D eigenvalue weighted by molar-refractivity contribution is 0.617. The number of pyridine rings is 1. The lowest BCUT2D eigenvalue weighted by Crippen LogP contribution is -2.09. The van der Waals surface area contributed by atoms with Crippen LogP contribution in [0.5, 0.6) is 0 Å². The Balaban J connectivity index is 2.18. The van der Waals surface area contributed by atoms with Gasteiger partial charge in [-0.2, -0.15) is 0 Å². The smallest absolute Gasteiger partial charge is 0.166 e. The number of anilines is 1. The molecule has 2 nitrogen and oxygen atoms in total. The van der Waals surface area contributed by atoms with Crippen molar-refractivity contribution in [3.63, 3.8) is 0 Å². The predicted molar refractivity (Wildman–Crippen MR) is 67.6 cm³/mol. The maximum absolute atomic E-state index is 13.5. The number of aromatic nitrogens is 1. The van der Waals surface area contributed by atoms with Crippen LogP contribution in [-0.2, 0) is 0 Å². The molecule has 0 radical (unpaired) electrons. The van der Waals surface area contributed by atoms with Gasteiger partial charge in [-0.25, -0.2) is 13.8 Å². The Hall–Kier alpha value is -1.68. The summed E-state index contributed by atoms with van der Waals surface area (Å²) < 4.78 is 26.6. The maximum atomic E-state index is 13.5. The Bertz CT molecular complexity index is 560. The lowest BCUT2D eigenvalue weighted by Gasteiger charge is -2.15. The van der Waals surface area contributed by atoms with Crippen molar-refractivity contribution >= 4 is 17.4 Å². The molecule has 0 bridgehead atoms. The zero-order valence-corrected chi connectivity index (χ0v) is 10.4. The van der Waals surface area contributed by atoms with Gasteiger partial charge in [-0.1, -0.05) is 23.7 Å². The van der Waals surface area contributed by atoms with Crippen LogP contribution in [0.1, 0.15) is 18.5 Å². The van der Waals surface area contributed by atoms with Gasteiger partial charge in [0.05, 0.1) is 11.1 Å². The van der Waals surface area contributed by atoms with E-state index in [0.29, 0.717) is 5.56 Å². The summed E-state index contributed by atoms with van der Waals surface area (Å²) >= 11 is 5.61. The Morgan fingerprint density at radius 1 is 1.28 bits per heavy atom. The molecule has 2 aromatic rings. The van der Waals surface area contributed by atoms with Crippen molar-refractivity contribution in [2.45, 2.75) is 13.0 Å². The minimum atomic E-state index is -0.536. The highest BCUT2D eigenvalue weighted by molar-refractivity contribution is 6.30. The van der Waals surface area contributed by atoms with Crippen molar-refractivity contribution in [1.29, 1.82) is 0 Å². The van der Waals surface area contributed by atoms with E-state index in [2.05, 4.69) is 10.3 Å². The van der Waals surface area contributed by atoms with Crippen molar-refractivity contribution in [2.75, 3.05) is 5.32 Å². The van der Waals surface area contributed by atoms with E-state index in [9.17, 15) is 8.78 Å². The minimum Gasteiger partial charge on any atom is -0.361 e. The number of rotatable bonds is 3. The molecule has 0 aliphatic rings. The van der Waals surface area contributed by atoms with Gasteiger partial charge in [0.1, 0.15) is 5.82 Å². The molecule has 1 N–H and O–H groups in total. The molecule has 1 atom stereocenters. The second kappa shape index (κ2) is 5.31. The quantitative estimate of drug-likeness (QED) is 0.903. The maximum Gasteiger partial charge on any atom is 0.166 e. The van der Waals surface area contributed by atoms with Gasteiger partial charge in [0.15, 0.2) is 11.6 Å². The molecule has 5 heteroatoms. The number of hydrogen-bond donors (Lipinski definition) is 1. The second-order valence-electron chi connectivity index (χ2n) is 3.90. The largest absolute Gasteiger partial charge is 0.361 e. The molecule has 0 aliphatic carbocycles. The molecule has 1 heterocycles. The van der Waals surface area contributed by atoms with Crippen molar-refractivity contribution in [3.8, 4) is 0 Å². The molecular weight excluding hydrogens is 258 g/mol. The van der Waals surface area contributed by atoms with Gasteiger partial charge in [-0.15, -0.1) is 0 Å². The van der Waals surface area contributed by atoms with Crippen molar-refractivity contribution in [2.24, 2.45) is 0 Å². The fourth-order valence-corrected chi connectivity index (χ4v) is 1.73. The first-order chi connectivity index (χ1) is 8.56. The van der Waals surface area contributed by atoms with Crippen LogP contribution in [0.4, 0.5) is 14.6 Å². The zero-order chi connectivity index (χ0) is 13.1. The molecule has 0 fully saturated rings. The number of halogens is 3. The fraction of sp³-hybridized carbons (Fsp3) is 0.154.